The highest BCUT2D eigenvalue weighted by Crippen LogP contribution is 2.27. The van der Waals surface area contributed by atoms with Gasteiger partial charge in [-0.05, 0) is 86.4 Å². The quantitative estimate of drug-likeness (QED) is 0.446. The van der Waals surface area contributed by atoms with E-state index in [4.69, 9.17) is 14.6 Å². The summed E-state index contributed by atoms with van der Waals surface area (Å²) in [5, 5.41) is 12.0. The summed E-state index contributed by atoms with van der Waals surface area (Å²) >= 11 is 0. The number of nitrogens with zero attached hydrogens (tertiary/aromatic N) is 1. The van der Waals surface area contributed by atoms with Crippen LogP contribution in [0.3, 0.4) is 0 Å². The number of carbonyl (C=O) groups is 3. The van der Waals surface area contributed by atoms with Crippen LogP contribution in [0.1, 0.15) is 69.8 Å². The van der Waals surface area contributed by atoms with Crippen LogP contribution in [0.5, 0.6) is 11.5 Å². The van der Waals surface area contributed by atoms with Gasteiger partial charge in [-0.1, -0.05) is 32.9 Å². The van der Waals surface area contributed by atoms with Gasteiger partial charge in [0.05, 0.1) is 13.0 Å². The van der Waals surface area contributed by atoms with E-state index in [-0.39, 0.29) is 23.3 Å². The summed E-state index contributed by atoms with van der Waals surface area (Å²) in [4.78, 5) is 37.8. The number of piperidine rings is 1. The molecule has 0 aromatic heterocycles. The Morgan fingerprint density at radius 1 is 0.921 bits per heavy atom. The molecule has 1 fully saturated rings. The van der Waals surface area contributed by atoms with Crippen LogP contribution in [0.15, 0.2) is 48.5 Å². The lowest BCUT2D eigenvalue weighted by atomic mass is 9.81. The van der Waals surface area contributed by atoms with Crippen LogP contribution in [0.25, 0.3) is 0 Å². The molecule has 2 N–H and O–H groups in total. The van der Waals surface area contributed by atoms with Crippen molar-refractivity contribution in [3.8, 4) is 11.5 Å². The van der Waals surface area contributed by atoms with Gasteiger partial charge in [0, 0.05) is 24.2 Å². The van der Waals surface area contributed by atoms with Gasteiger partial charge in [0.25, 0.3) is 5.91 Å². The third kappa shape index (κ3) is 9.39. The lowest BCUT2D eigenvalue weighted by Crippen LogP contribution is -2.45. The molecule has 0 aliphatic carbocycles. The molecule has 2 amide bonds. The SMILES string of the molecule is CC(C)(C)CC(C)(C)NC(=O)c1ccc(OC(=O)N2CCC(COc3ccc(CC(=O)O)cc3)CC2)cc1. The maximum Gasteiger partial charge on any atom is 0.415 e. The number of benzene rings is 2. The first kappa shape index (κ1) is 29.0. The Hall–Kier alpha value is -3.55. The first-order chi connectivity index (χ1) is 17.8. The molecule has 38 heavy (non-hydrogen) atoms. The molecular formula is C30H40N2O6. The van der Waals surface area contributed by atoms with Crippen molar-refractivity contribution in [3.05, 3.63) is 59.7 Å². The normalized spacial score (nSPS) is 14.6. The molecule has 2 aromatic carbocycles. The van der Waals surface area contributed by atoms with Crippen molar-refractivity contribution >= 4 is 18.0 Å². The summed E-state index contributed by atoms with van der Waals surface area (Å²) < 4.78 is 11.4. The lowest BCUT2D eigenvalue weighted by Gasteiger charge is -2.33. The fourth-order valence-corrected chi connectivity index (χ4v) is 4.96. The van der Waals surface area contributed by atoms with Crippen molar-refractivity contribution in [2.75, 3.05) is 19.7 Å². The van der Waals surface area contributed by atoms with Crippen LogP contribution >= 0.6 is 0 Å². The smallest absolute Gasteiger partial charge is 0.415 e. The molecule has 0 atom stereocenters. The standard InChI is InChI=1S/C30H40N2O6/c1-29(2,3)20-30(4,5)31-27(35)23-8-12-25(13-9-23)38-28(36)32-16-14-22(15-17-32)19-37-24-10-6-21(7-11-24)18-26(33)34/h6-13,22H,14-20H2,1-5H3,(H,31,35)(H,33,34). The second-order valence-corrected chi connectivity index (χ2v) is 11.9. The fourth-order valence-electron chi connectivity index (χ4n) is 4.96. The summed E-state index contributed by atoms with van der Waals surface area (Å²) in [6.45, 7) is 12.2. The number of aliphatic carboxylic acids is 1. The minimum atomic E-state index is -0.862. The Morgan fingerprint density at radius 2 is 1.50 bits per heavy atom. The Labute approximate surface area is 225 Å². The summed E-state index contributed by atoms with van der Waals surface area (Å²) in [5.74, 6) is 0.406. The summed E-state index contributed by atoms with van der Waals surface area (Å²) in [5.41, 5.74) is 0.996. The first-order valence-corrected chi connectivity index (χ1v) is 13.1. The molecule has 8 nitrogen and oxygen atoms in total. The Kier molecular flexibility index (Phi) is 9.41. The van der Waals surface area contributed by atoms with Crippen molar-refractivity contribution in [2.24, 2.45) is 11.3 Å². The lowest BCUT2D eigenvalue weighted by molar-refractivity contribution is -0.136. The minimum absolute atomic E-state index is 0.00960. The van der Waals surface area contributed by atoms with E-state index >= 15 is 0 Å². The molecule has 2 aromatic rings. The molecule has 0 spiro atoms. The first-order valence-electron chi connectivity index (χ1n) is 13.1. The predicted octanol–water partition coefficient (Wildman–Crippen LogP) is 5.55. The maximum absolute atomic E-state index is 12.7. The third-order valence-corrected chi connectivity index (χ3v) is 6.38. The van der Waals surface area contributed by atoms with Gasteiger partial charge in [0.15, 0.2) is 0 Å². The largest absolute Gasteiger partial charge is 0.493 e. The molecule has 1 aliphatic rings. The zero-order valence-electron chi connectivity index (χ0n) is 23.1. The highest BCUT2D eigenvalue weighted by molar-refractivity contribution is 5.94. The molecule has 1 saturated heterocycles. The second-order valence-electron chi connectivity index (χ2n) is 11.9. The number of carboxylic acid groups (broad SMARTS) is 1. The fraction of sp³-hybridized carbons (Fsp3) is 0.500. The summed E-state index contributed by atoms with van der Waals surface area (Å²) in [7, 11) is 0. The van der Waals surface area contributed by atoms with Gasteiger partial charge in [-0.15, -0.1) is 0 Å². The van der Waals surface area contributed by atoms with Crippen molar-refractivity contribution in [2.45, 2.75) is 65.8 Å². The van der Waals surface area contributed by atoms with E-state index in [9.17, 15) is 14.4 Å². The van der Waals surface area contributed by atoms with Gasteiger partial charge >= 0.3 is 12.1 Å². The van der Waals surface area contributed by atoms with Gasteiger partial charge in [-0.2, -0.15) is 0 Å². The monoisotopic (exact) mass is 524 g/mol. The van der Waals surface area contributed by atoms with E-state index in [2.05, 4.69) is 26.1 Å². The number of likely N-dealkylation sites (tertiary alicyclic amines) is 1. The van der Waals surface area contributed by atoms with Crippen molar-refractivity contribution in [1.29, 1.82) is 0 Å². The van der Waals surface area contributed by atoms with Crippen LogP contribution in [0.4, 0.5) is 4.79 Å². The predicted molar refractivity (Wildman–Crippen MR) is 146 cm³/mol. The molecule has 1 heterocycles. The van der Waals surface area contributed by atoms with Crippen molar-refractivity contribution in [3.63, 3.8) is 0 Å². The Balaban J connectivity index is 1.42. The van der Waals surface area contributed by atoms with Crippen molar-refractivity contribution < 1.29 is 29.0 Å². The third-order valence-electron chi connectivity index (χ3n) is 6.38. The highest BCUT2D eigenvalue weighted by atomic mass is 16.6. The number of nitrogens with one attached hydrogen (secondary N) is 1. The molecule has 206 valence electrons. The Morgan fingerprint density at radius 3 is 2.05 bits per heavy atom. The van der Waals surface area contributed by atoms with Gasteiger partial charge in [0.1, 0.15) is 11.5 Å². The minimum Gasteiger partial charge on any atom is -0.493 e. The topological polar surface area (TPSA) is 105 Å². The number of rotatable bonds is 9. The molecule has 0 unspecified atom stereocenters. The Bertz CT molecular complexity index is 1100. The van der Waals surface area contributed by atoms with E-state index in [0.29, 0.717) is 42.7 Å². The van der Waals surface area contributed by atoms with Gasteiger partial charge in [-0.3, -0.25) is 9.59 Å². The van der Waals surface area contributed by atoms with Crippen molar-refractivity contribution in [1.82, 2.24) is 10.2 Å². The van der Waals surface area contributed by atoms with E-state index in [1.54, 1.807) is 53.4 Å². The zero-order valence-corrected chi connectivity index (χ0v) is 23.1. The second kappa shape index (κ2) is 12.3. The molecule has 1 aliphatic heterocycles. The number of amides is 2. The van der Waals surface area contributed by atoms with E-state index in [1.165, 1.54) is 0 Å². The zero-order chi connectivity index (χ0) is 27.9. The van der Waals surface area contributed by atoms with E-state index < -0.39 is 12.1 Å². The molecule has 0 radical (unpaired) electrons. The number of carboxylic acids is 1. The van der Waals surface area contributed by atoms with Crippen LogP contribution in [0, 0.1) is 11.3 Å². The van der Waals surface area contributed by atoms with Crippen LogP contribution in [0.2, 0.25) is 0 Å². The van der Waals surface area contributed by atoms with Gasteiger partial charge in [0.2, 0.25) is 0 Å². The molecule has 3 rings (SSSR count). The van der Waals surface area contributed by atoms with Crippen LogP contribution in [-0.2, 0) is 11.2 Å². The number of carbonyl (C=O) groups excluding carboxylic acids is 2. The molecule has 0 bridgehead atoms. The van der Waals surface area contributed by atoms with Gasteiger partial charge in [-0.25, -0.2) is 4.79 Å². The number of ether oxygens (including phenoxy) is 2. The average molecular weight is 525 g/mol. The molecule has 8 heteroatoms. The van der Waals surface area contributed by atoms with Gasteiger partial charge < -0.3 is 24.8 Å². The average Bonchev–Trinajstić information content (AvgIpc) is 2.82. The summed E-state index contributed by atoms with van der Waals surface area (Å²) in [6.07, 6.45) is 2.03. The van der Waals surface area contributed by atoms with Crippen LogP contribution < -0.4 is 14.8 Å². The van der Waals surface area contributed by atoms with E-state index in [1.807, 2.05) is 13.8 Å². The number of hydrogen-bond acceptors (Lipinski definition) is 5. The highest BCUT2D eigenvalue weighted by Gasteiger charge is 2.28. The van der Waals surface area contributed by atoms with E-state index in [0.717, 1.165) is 24.8 Å². The summed E-state index contributed by atoms with van der Waals surface area (Å²) in [6, 6.07) is 13.7. The molecular weight excluding hydrogens is 484 g/mol. The molecule has 0 saturated carbocycles. The number of hydrogen-bond donors (Lipinski definition) is 2. The van der Waals surface area contributed by atoms with Crippen LogP contribution in [-0.4, -0.2) is 53.2 Å². The maximum atomic E-state index is 12.7.